The summed E-state index contributed by atoms with van der Waals surface area (Å²) in [6, 6.07) is 4.03. The summed E-state index contributed by atoms with van der Waals surface area (Å²) in [6.45, 7) is 9.26. The number of carbonyl (C=O) groups excluding carboxylic acids is 2. The molecule has 3 unspecified atom stereocenters. The summed E-state index contributed by atoms with van der Waals surface area (Å²) < 4.78 is 17.1. The molecule has 34 heavy (non-hydrogen) atoms. The number of rotatable bonds is 1. The van der Waals surface area contributed by atoms with Crippen LogP contribution in [-0.4, -0.2) is 84.0 Å². The fourth-order valence-electron chi connectivity index (χ4n) is 5.62. The summed E-state index contributed by atoms with van der Waals surface area (Å²) in [5, 5.41) is 0.634. The number of amides is 3. The number of nitrogens with zero attached hydrogens (tertiary/aromatic N) is 3. The van der Waals surface area contributed by atoms with Crippen LogP contribution in [-0.2, 0) is 27.2 Å². The van der Waals surface area contributed by atoms with Gasteiger partial charge in [-0.2, -0.15) is 0 Å². The predicted octanol–water partition coefficient (Wildman–Crippen LogP) is 3.99. The fraction of sp³-hybridized carbons (Fsp3) is 0.680. The molecule has 9 heteroatoms. The Hall–Kier alpha value is -2.03. The Bertz CT molecular complexity index is 949. The molecule has 8 nitrogen and oxygen atoms in total. The lowest BCUT2D eigenvalue weighted by Gasteiger charge is -2.42. The molecule has 0 spiro atoms. The highest BCUT2D eigenvalue weighted by Gasteiger charge is 2.43. The first-order valence-corrected chi connectivity index (χ1v) is 12.6. The van der Waals surface area contributed by atoms with Crippen molar-refractivity contribution in [2.24, 2.45) is 0 Å². The van der Waals surface area contributed by atoms with Crippen molar-refractivity contribution in [1.29, 1.82) is 0 Å². The number of urea groups is 1. The van der Waals surface area contributed by atoms with Gasteiger partial charge in [0.2, 0.25) is 0 Å². The zero-order valence-electron chi connectivity index (χ0n) is 20.2. The highest BCUT2D eigenvalue weighted by molar-refractivity contribution is 6.30. The molecule has 4 aliphatic heterocycles. The summed E-state index contributed by atoms with van der Waals surface area (Å²) in [7, 11) is 0. The number of hydrogen-bond acceptors (Lipinski definition) is 5. The first kappa shape index (κ1) is 23.7. The third kappa shape index (κ3) is 4.60. The smallest absolute Gasteiger partial charge is 0.410 e. The van der Waals surface area contributed by atoms with Crippen LogP contribution in [0.2, 0.25) is 5.02 Å². The molecule has 3 atom stereocenters. The van der Waals surface area contributed by atoms with E-state index in [0.717, 1.165) is 36.0 Å². The average Bonchev–Trinajstić information content (AvgIpc) is 3.04. The molecular weight excluding hydrogens is 458 g/mol. The molecule has 2 bridgehead atoms. The van der Waals surface area contributed by atoms with E-state index in [9.17, 15) is 9.59 Å². The zero-order valence-corrected chi connectivity index (χ0v) is 21.0. The highest BCUT2D eigenvalue weighted by atomic mass is 35.5. The van der Waals surface area contributed by atoms with Crippen molar-refractivity contribution >= 4 is 23.7 Å². The van der Waals surface area contributed by atoms with Crippen molar-refractivity contribution in [2.45, 2.75) is 70.3 Å². The second-order valence-electron chi connectivity index (χ2n) is 10.7. The Balaban J connectivity index is 1.42. The second-order valence-corrected chi connectivity index (χ2v) is 11.1. The summed E-state index contributed by atoms with van der Waals surface area (Å²) in [5.41, 5.74) is 2.55. The molecule has 3 fully saturated rings. The van der Waals surface area contributed by atoms with Gasteiger partial charge in [-0.05, 0) is 68.9 Å². The molecule has 4 heterocycles. The highest BCUT2D eigenvalue weighted by Crippen LogP contribution is 2.37. The number of halogens is 1. The summed E-state index contributed by atoms with van der Waals surface area (Å²) in [4.78, 5) is 32.3. The van der Waals surface area contributed by atoms with Crippen molar-refractivity contribution in [3.8, 4) is 0 Å². The van der Waals surface area contributed by atoms with E-state index in [0.29, 0.717) is 51.1 Å². The fourth-order valence-corrected chi connectivity index (χ4v) is 5.87. The summed E-state index contributed by atoms with van der Waals surface area (Å²) >= 11 is 6.52. The minimum absolute atomic E-state index is 0.0891. The molecule has 3 amide bonds. The lowest BCUT2D eigenvalue weighted by Crippen LogP contribution is -2.55. The molecule has 3 saturated heterocycles. The van der Waals surface area contributed by atoms with Crippen LogP contribution in [0.3, 0.4) is 0 Å². The van der Waals surface area contributed by atoms with Crippen molar-refractivity contribution in [3.05, 3.63) is 33.8 Å². The van der Waals surface area contributed by atoms with E-state index < -0.39 is 5.60 Å². The molecule has 0 N–H and O–H groups in total. The van der Waals surface area contributed by atoms with Crippen LogP contribution in [0.4, 0.5) is 9.59 Å². The van der Waals surface area contributed by atoms with Crippen LogP contribution in [0.15, 0.2) is 12.1 Å². The van der Waals surface area contributed by atoms with Crippen molar-refractivity contribution < 1.29 is 23.8 Å². The zero-order chi connectivity index (χ0) is 24.0. The van der Waals surface area contributed by atoms with E-state index in [2.05, 4.69) is 0 Å². The van der Waals surface area contributed by atoms with E-state index >= 15 is 0 Å². The van der Waals surface area contributed by atoms with E-state index in [1.807, 2.05) is 42.7 Å². The Kier molecular flexibility index (Phi) is 6.42. The largest absolute Gasteiger partial charge is 0.444 e. The minimum atomic E-state index is -0.589. The SMILES string of the molecule is CC(C)(C)OC(=O)N1CCOCC1c1cc(Cl)cc2c1CN(C(=O)N1C3CCC1COC3)CC2. The maximum atomic E-state index is 13.6. The number of morpholine rings is 2. The van der Waals surface area contributed by atoms with Crippen molar-refractivity contribution in [2.75, 3.05) is 39.5 Å². The van der Waals surface area contributed by atoms with Gasteiger partial charge in [-0.25, -0.2) is 9.59 Å². The van der Waals surface area contributed by atoms with E-state index in [-0.39, 0.29) is 30.2 Å². The molecule has 4 aliphatic rings. The van der Waals surface area contributed by atoms with Crippen LogP contribution in [0.25, 0.3) is 0 Å². The molecule has 5 rings (SSSR count). The van der Waals surface area contributed by atoms with Gasteiger partial charge in [-0.15, -0.1) is 0 Å². The minimum Gasteiger partial charge on any atom is -0.444 e. The predicted molar refractivity (Wildman–Crippen MR) is 127 cm³/mol. The lowest BCUT2D eigenvalue weighted by molar-refractivity contribution is -0.0335. The van der Waals surface area contributed by atoms with Crippen LogP contribution in [0, 0.1) is 0 Å². The van der Waals surface area contributed by atoms with Gasteiger partial charge in [0.25, 0.3) is 0 Å². The number of carbonyl (C=O) groups is 2. The van der Waals surface area contributed by atoms with Gasteiger partial charge in [0.05, 0.1) is 44.6 Å². The van der Waals surface area contributed by atoms with E-state index in [1.165, 1.54) is 0 Å². The molecule has 0 saturated carbocycles. The maximum Gasteiger partial charge on any atom is 0.410 e. The molecule has 0 radical (unpaired) electrons. The number of hydrogen-bond donors (Lipinski definition) is 0. The standard InChI is InChI=1S/C25H34ClN3O5/c1-25(2,3)34-24(31)28-8-9-32-15-22(28)20-11-17(26)10-16-6-7-27(12-21(16)20)23(30)29-18-4-5-19(29)14-33-13-18/h10-11,18-19,22H,4-9,12-15H2,1-3H3. The quantitative estimate of drug-likeness (QED) is 0.594. The Labute approximate surface area is 206 Å². The first-order valence-electron chi connectivity index (χ1n) is 12.2. The number of fused-ring (bicyclic) bond motifs is 3. The first-order chi connectivity index (χ1) is 16.2. The lowest BCUT2D eigenvalue weighted by atomic mass is 9.90. The average molecular weight is 492 g/mol. The van der Waals surface area contributed by atoms with Gasteiger partial charge in [-0.1, -0.05) is 11.6 Å². The van der Waals surface area contributed by atoms with Crippen LogP contribution < -0.4 is 0 Å². The van der Waals surface area contributed by atoms with Crippen LogP contribution in [0.1, 0.15) is 56.3 Å². The van der Waals surface area contributed by atoms with Gasteiger partial charge in [-0.3, -0.25) is 4.90 Å². The van der Waals surface area contributed by atoms with Crippen molar-refractivity contribution in [3.63, 3.8) is 0 Å². The van der Waals surface area contributed by atoms with Gasteiger partial charge >= 0.3 is 12.1 Å². The van der Waals surface area contributed by atoms with Gasteiger partial charge in [0.15, 0.2) is 0 Å². The van der Waals surface area contributed by atoms with Gasteiger partial charge in [0, 0.05) is 24.7 Å². The summed E-state index contributed by atoms with van der Waals surface area (Å²) in [6.07, 6.45) is 2.38. The van der Waals surface area contributed by atoms with E-state index in [1.54, 1.807) is 4.90 Å². The topological polar surface area (TPSA) is 71.5 Å². The second kappa shape index (κ2) is 9.21. The number of ether oxygens (including phenoxy) is 3. The molecule has 1 aromatic rings. The summed E-state index contributed by atoms with van der Waals surface area (Å²) in [5.74, 6) is 0. The number of benzene rings is 1. The normalized spacial score (nSPS) is 26.9. The molecule has 0 aliphatic carbocycles. The Morgan fingerprint density at radius 2 is 1.79 bits per heavy atom. The monoisotopic (exact) mass is 491 g/mol. The molecule has 186 valence electrons. The third-order valence-corrected chi connectivity index (χ3v) is 7.41. The molecule has 1 aromatic carbocycles. The van der Waals surface area contributed by atoms with Gasteiger partial charge in [0.1, 0.15) is 5.60 Å². The van der Waals surface area contributed by atoms with Crippen LogP contribution in [0.5, 0.6) is 0 Å². The van der Waals surface area contributed by atoms with Crippen molar-refractivity contribution in [1.82, 2.24) is 14.7 Å². The maximum absolute atomic E-state index is 13.6. The van der Waals surface area contributed by atoms with E-state index in [4.69, 9.17) is 25.8 Å². The Morgan fingerprint density at radius 3 is 2.50 bits per heavy atom. The molecule has 0 aromatic heterocycles. The van der Waals surface area contributed by atoms with Gasteiger partial charge < -0.3 is 24.0 Å². The van der Waals surface area contributed by atoms with Crippen LogP contribution >= 0.6 is 11.6 Å². The molecular formula is C25H34ClN3O5. The Morgan fingerprint density at radius 1 is 1.06 bits per heavy atom. The third-order valence-electron chi connectivity index (χ3n) is 7.19.